The molecule has 2 aromatic rings. The van der Waals surface area contributed by atoms with Crippen LogP contribution in [-0.2, 0) is 14.2 Å². The standard InChI is InChI=1S/C19H27F3N6O2S2/c1-5-7-11-28(12-8-6-2)15-9-10-16(24-26-18-25-23-14(3)31-18)17(13-15)27-32(29,30-4)19(20,21)22/h9-10,13H,5-8,11-12H2,1-4H3. The Hall–Kier alpha value is -2.12. The quantitative estimate of drug-likeness (QED) is 0.320. The summed E-state index contributed by atoms with van der Waals surface area (Å²) in [5.41, 5.74) is -4.72. The van der Waals surface area contributed by atoms with Crippen molar-refractivity contribution in [3.63, 3.8) is 0 Å². The van der Waals surface area contributed by atoms with E-state index < -0.39 is 15.5 Å². The average molecular weight is 493 g/mol. The fourth-order valence-electron chi connectivity index (χ4n) is 2.67. The monoisotopic (exact) mass is 492 g/mol. The normalized spacial score (nSPS) is 14.0. The Balaban J connectivity index is 2.58. The first kappa shape index (κ1) is 26.1. The largest absolute Gasteiger partial charge is 0.504 e. The SMILES string of the molecule is CCCCN(CCCC)c1ccc(N=Nc2nnc(C)s2)c(N=S(=O)(OC)C(F)(F)F)c1. The number of alkyl halides is 3. The Morgan fingerprint density at radius 3 is 2.25 bits per heavy atom. The molecule has 0 bridgehead atoms. The van der Waals surface area contributed by atoms with E-state index in [0.29, 0.717) is 17.8 Å². The van der Waals surface area contributed by atoms with Crippen molar-refractivity contribution in [3.05, 3.63) is 23.2 Å². The van der Waals surface area contributed by atoms with Gasteiger partial charge in [-0.3, -0.25) is 4.18 Å². The summed E-state index contributed by atoms with van der Waals surface area (Å²) in [5, 5.41) is 16.5. The topological polar surface area (TPSA) is 92.4 Å². The van der Waals surface area contributed by atoms with Crippen molar-refractivity contribution >= 4 is 43.5 Å². The van der Waals surface area contributed by atoms with Gasteiger partial charge < -0.3 is 4.90 Å². The Labute approximate surface area is 190 Å². The van der Waals surface area contributed by atoms with E-state index in [9.17, 15) is 17.4 Å². The van der Waals surface area contributed by atoms with E-state index in [1.807, 2.05) is 0 Å². The minimum absolute atomic E-state index is 0.0153. The summed E-state index contributed by atoms with van der Waals surface area (Å²) in [6.07, 6.45) is 3.79. The maximum absolute atomic E-state index is 13.4. The van der Waals surface area contributed by atoms with Gasteiger partial charge in [-0.15, -0.1) is 20.4 Å². The first-order valence-corrected chi connectivity index (χ1v) is 12.4. The van der Waals surface area contributed by atoms with Crippen LogP contribution in [0.5, 0.6) is 0 Å². The van der Waals surface area contributed by atoms with Gasteiger partial charge in [0, 0.05) is 18.8 Å². The highest BCUT2D eigenvalue weighted by Gasteiger charge is 2.44. The zero-order valence-electron chi connectivity index (χ0n) is 18.4. The molecule has 0 spiro atoms. The molecule has 0 N–H and O–H groups in total. The summed E-state index contributed by atoms with van der Waals surface area (Å²) >= 11 is 1.18. The molecule has 1 heterocycles. The van der Waals surface area contributed by atoms with Crippen molar-refractivity contribution in [1.29, 1.82) is 0 Å². The number of halogens is 3. The third-order valence-corrected chi connectivity index (χ3v) is 6.58. The van der Waals surface area contributed by atoms with Crippen molar-refractivity contribution in [2.75, 3.05) is 25.1 Å². The zero-order chi connectivity index (χ0) is 23.8. The van der Waals surface area contributed by atoms with E-state index >= 15 is 0 Å². The van der Waals surface area contributed by atoms with Crippen LogP contribution in [0.4, 0.5) is 35.4 Å². The Morgan fingerprint density at radius 1 is 1.09 bits per heavy atom. The van der Waals surface area contributed by atoms with Gasteiger partial charge in [-0.2, -0.15) is 17.5 Å². The van der Waals surface area contributed by atoms with Gasteiger partial charge in [-0.25, -0.2) is 4.21 Å². The molecule has 0 saturated carbocycles. The van der Waals surface area contributed by atoms with Gasteiger partial charge in [0.15, 0.2) is 0 Å². The molecule has 8 nitrogen and oxygen atoms in total. The van der Waals surface area contributed by atoms with E-state index in [1.165, 1.54) is 23.5 Å². The molecule has 178 valence electrons. The molecular weight excluding hydrogens is 465 g/mol. The molecule has 0 amide bonds. The number of nitrogens with zero attached hydrogens (tertiary/aromatic N) is 6. The molecule has 0 aliphatic carbocycles. The average Bonchev–Trinajstić information content (AvgIpc) is 3.17. The fraction of sp³-hybridized carbons (Fsp3) is 0.579. The zero-order valence-corrected chi connectivity index (χ0v) is 20.1. The summed E-state index contributed by atoms with van der Waals surface area (Å²) in [7, 11) is -4.28. The third kappa shape index (κ3) is 6.94. The Kier molecular flexibility index (Phi) is 9.52. The molecule has 1 atom stereocenters. The number of aromatic nitrogens is 2. The second-order valence-electron chi connectivity index (χ2n) is 6.85. The van der Waals surface area contributed by atoms with Gasteiger partial charge in [0.2, 0.25) is 0 Å². The second kappa shape index (κ2) is 11.7. The molecule has 0 saturated heterocycles. The van der Waals surface area contributed by atoms with Gasteiger partial charge in [-0.1, -0.05) is 38.0 Å². The lowest BCUT2D eigenvalue weighted by Gasteiger charge is -2.25. The van der Waals surface area contributed by atoms with E-state index in [1.54, 1.807) is 13.0 Å². The number of hydrogen-bond acceptors (Lipinski definition) is 9. The summed E-state index contributed by atoms with van der Waals surface area (Å²) in [4.78, 5) is 2.07. The molecule has 1 unspecified atom stereocenters. The predicted molar refractivity (Wildman–Crippen MR) is 121 cm³/mol. The highest BCUT2D eigenvalue weighted by atomic mass is 32.2. The van der Waals surface area contributed by atoms with Gasteiger partial charge in [0.1, 0.15) is 16.4 Å². The predicted octanol–water partition coefficient (Wildman–Crippen LogP) is 6.85. The highest BCUT2D eigenvalue weighted by Crippen LogP contribution is 2.38. The van der Waals surface area contributed by atoms with Gasteiger partial charge in [0.05, 0.1) is 7.11 Å². The lowest BCUT2D eigenvalue weighted by atomic mass is 10.2. The number of anilines is 1. The molecule has 13 heteroatoms. The molecule has 0 aliphatic heterocycles. The molecule has 0 aliphatic rings. The van der Waals surface area contributed by atoms with E-state index in [-0.39, 0.29) is 16.5 Å². The van der Waals surface area contributed by atoms with Crippen LogP contribution in [0.15, 0.2) is 32.8 Å². The van der Waals surface area contributed by atoms with Crippen molar-refractivity contribution in [3.8, 4) is 0 Å². The van der Waals surface area contributed by atoms with Gasteiger partial charge in [0.25, 0.3) is 15.1 Å². The minimum Gasteiger partial charge on any atom is -0.371 e. The highest BCUT2D eigenvalue weighted by molar-refractivity contribution is 7.90. The first-order chi connectivity index (χ1) is 15.1. The van der Waals surface area contributed by atoms with Gasteiger partial charge >= 0.3 is 5.51 Å². The fourth-order valence-corrected chi connectivity index (χ4v) is 3.95. The van der Waals surface area contributed by atoms with Crippen molar-refractivity contribution < 1.29 is 21.6 Å². The number of rotatable bonds is 11. The minimum atomic E-state index is -5.17. The maximum atomic E-state index is 13.4. The summed E-state index contributed by atoms with van der Waals surface area (Å²) < 4.78 is 60.3. The Morgan fingerprint density at radius 2 is 1.75 bits per heavy atom. The molecule has 1 aromatic heterocycles. The first-order valence-electron chi connectivity index (χ1n) is 10.1. The van der Waals surface area contributed by atoms with Crippen LogP contribution in [0.25, 0.3) is 0 Å². The second-order valence-corrected chi connectivity index (χ2v) is 9.94. The van der Waals surface area contributed by atoms with Crippen molar-refractivity contribution in [2.24, 2.45) is 14.6 Å². The van der Waals surface area contributed by atoms with Crippen LogP contribution < -0.4 is 4.90 Å². The third-order valence-electron chi connectivity index (χ3n) is 4.38. The molecule has 0 fully saturated rings. The van der Waals surface area contributed by atoms with Crippen molar-refractivity contribution in [2.45, 2.75) is 52.0 Å². The molecule has 1 aromatic carbocycles. The Bertz CT molecular complexity index is 1020. The number of unbranched alkanes of at least 4 members (excludes halogenated alkanes) is 2. The molecule has 2 rings (SSSR count). The lowest BCUT2D eigenvalue weighted by Crippen LogP contribution is -2.25. The van der Waals surface area contributed by atoms with Crippen LogP contribution in [0, 0.1) is 6.92 Å². The number of azo groups is 1. The summed E-state index contributed by atoms with van der Waals surface area (Å²) in [6.45, 7) is 7.34. The summed E-state index contributed by atoms with van der Waals surface area (Å²) in [6, 6.07) is 4.68. The van der Waals surface area contributed by atoms with Crippen LogP contribution in [0.3, 0.4) is 0 Å². The number of hydrogen-bond donors (Lipinski definition) is 0. The van der Waals surface area contributed by atoms with Crippen LogP contribution in [0.1, 0.15) is 44.5 Å². The number of benzene rings is 1. The van der Waals surface area contributed by atoms with Crippen LogP contribution in [-0.4, -0.2) is 40.1 Å². The summed E-state index contributed by atoms with van der Waals surface area (Å²) in [5.74, 6) is 0. The smallest absolute Gasteiger partial charge is 0.371 e. The van der Waals surface area contributed by atoms with E-state index in [4.69, 9.17) is 0 Å². The maximum Gasteiger partial charge on any atom is 0.504 e. The van der Waals surface area contributed by atoms with E-state index in [0.717, 1.165) is 38.8 Å². The lowest BCUT2D eigenvalue weighted by molar-refractivity contribution is -0.0482. The van der Waals surface area contributed by atoms with E-state index in [2.05, 4.69) is 47.7 Å². The molecular formula is C19H27F3N6O2S2. The van der Waals surface area contributed by atoms with Gasteiger partial charge in [-0.05, 0) is 38.0 Å². The van der Waals surface area contributed by atoms with Crippen molar-refractivity contribution in [1.82, 2.24) is 10.2 Å². The number of aryl methyl sites for hydroxylation is 1. The van der Waals surface area contributed by atoms with Crippen LogP contribution >= 0.6 is 11.3 Å². The molecule has 32 heavy (non-hydrogen) atoms. The van der Waals surface area contributed by atoms with Crippen LogP contribution in [0.2, 0.25) is 0 Å². The molecule has 0 radical (unpaired) electrons.